The summed E-state index contributed by atoms with van der Waals surface area (Å²) in [5.41, 5.74) is 1.13. The number of sulfonamides is 1. The molecule has 0 saturated heterocycles. The van der Waals surface area contributed by atoms with Crippen LogP contribution < -0.4 is 0 Å². The Balaban J connectivity index is 2.19. The van der Waals surface area contributed by atoms with Gasteiger partial charge in [-0.05, 0) is 23.4 Å². The number of rotatable bonds is 5. The van der Waals surface area contributed by atoms with E-state index in [1.54, 1.807) is 18.6 Å². The molecule has 19 heavy (non-hydrogen) atoms. The number of ether oxygens (including phenoxy) is 1. The third-order valence-electron chi connectivity index (χ3n) is 3.06. The van der Waals surface area contributed by atoms with E-state index >= 15 is 0 Å². The number of hydrogen-bond donors (Lipinski definition) is 1. The summed E-state index contributed by atoms with van der Waals surface area (Å²) in [6.45, 7) is 1.12. The van der Waals surface area contributed by atoms with Crippen LogP contribution in [0.4, 0.5) is 0 Å². The van der Waals surface area contributed by atoms with Gasteiger partial charge >= 0.3 is 0 Å². The molecule has 0 atom stereocenters. The fourth-order valence-corrected chi connectivity index (χ4v) is 4.69. The summed E-state index contributed by atoms with van der Waals surface area (Å²) in [5.74, 6) is 0. The maximum absolute atomic E-state index is 12.5. The van der Waals surface area contributed by atoms with E-state index in [1.807, 2.05) is 6.08 Å². The van der Waals surface area contributed by atoms with Crippen LogP contribution in [0.1, 0.15) is 11.3 Å². The van der Waals surface area contributed by atoms with E-state index in [0.717, 1.165) is 5.57 Å². The second kappa shape index (κ2) is 6.15. The zero-order valence-electron chi connectivity index (χ0n) is 10.7. The fourth-order valence-electron chi connectivity index (χ4n) is 2.04. The van der Waals surface area contributed by atoms with Crippen LogP contribution in [0.2, 0.25) is 0 Å². The monoisotopic (exact) mass is 303 g/mol. The highest BCUT2D eigenvalue weighted by Crippen LogP contribution is 2.27. The highest BCUT2D eigenvalue weighted by atomic mass is 32.2. The van der Waals surface area contributed by atoms with Crippen molar-refractivity contribution in [3.8, 4) is 0 Å². The third kappa shape index (κ3) is 3.06. The summed E-state index contributed by atoms with van der Waals surface area (Å²) in [5, 5.41) is 10.9. The van der Waals surface area contributed by atoms with Crippen molar-refractivity contribution < 1.29 is 18.3 Å². The van der Waals surface area contributed by atoms with Crippen LogP contribution in [0.3, 0.4) is 0 Å². The first-order chi connectivity index (χ1) is 9.09. The van der Waals surface area contributed by atoms with Crippen molar-refractivity contribution in [3.05, 3.63) is 28.0 Å². The maximum atomic E-state index is 12.5. The van der Waals surface area contributed by atoms with Crippen molar-refractivity contribution >= 4 is 21.4 Å². The summed E-state index contributed by atoms with van der Waals surface area (Å²) in [7, 11) is -1.87. The predicted octanol–water partition coefficient (Wildman–Crippen LogP) is 1.21. The highest BCUT2D eigenvalue weighted by Gasteiger charge is 2.28. The molecule has 5 nitrogen and oxygen atoms in total. The lowest BCUT2D eigenvalue weighted by Gasteiger charge is -2.25. The van der Waals surface area contributed by atoms with Gasteiger partial charge in [0.2, 0.25) is 10.0 Å². The maximum Gasteiger partial charge on any atom is 0.244 e. The van der Waals surface area contributed by atoms with Crippen molar-refractivity contribution in [2.75, 3.05) is 26.8 Å². The zero-order valence-corrected chi connectivity index (χ0v) is 12.3. The Morgan fingerprint density at radius 3 is 2.89 bits per heavy atom. The molecule has 0 fully saturated rings. The molecular weight excluding hydrogens is 286 g/mol. The van der Waals surface area contributed by atoms with Crippen molar-refractivity contribution in [2.45, 2.75) is 17.9 Å². The van der Waals surface area contributed by atoms with Crippen LogP contribution in [-0.4, -0.2) is 44.6 Å². The molecule has 0 aliphatic carbocycles. The van der Waals surface area contributed by atoms with Gasteiger partial charge in [0, 0.05) is 25.1 Å². The van der Waals surface area contributed by atoms with Gasteiger partial charge in [-0.3, -0.25) is 0 Å². The topological polar surface area (TPSA) is 66.8 Å². The number of thiophene rings is 1. The Morgan fingerprint density at radius 2 is 2.32 bits per heavy atom. The number of aliphatic hydroxyl groups is 1. The van der Waals surface area contributed by atoms with E-state index in [1.165, 1.54) is 15.6 Å². The molecule has 0 saturated carbocycles. The molecule has 1 N–H and O–H groups in total. The minimum Gasteiger partial charge on any atom is -0.391 e. The van der Waals surface area contributed by atoms with E-state index in [2.05, 4.69) is 0 Å². The minimum absolute atomic E-state index is 0.226. The van der Waals surface area contributed by atoms with Gasteiger partial charge in [-0.1, -0.05) is 6.08 Å². The second-order valence-corrected chi connectivity index (χ2v) is 7.18. The first kappa shape index (κ1) is 14.7. The Labute approximate surface area is 117 Å². The van der Waals surface area contributed by atoms with Crippen molar-refractivity contribution in [1.29, 1.82) is 0 Å². The molecule has 1 aromatic heterocycles. The Bertz CT molecular complexity index is 562. The van der Waals surface area contributed by atoms with E-state index in [-0.39, 0.29) is 11.5 Å². The van der Waals surface area contributed by atoms with Gasteiger partial charge < -0.3 is 9.84 Å². The lowest BCUT2D eigenvalue weighted by atomic mass is 10.1. The Morgan fingerprint density at radius 1 is 1.53 bits per heavy atom. The van der Waals surface area contributed by atoms with Gasteiger partial charge in [-0.2, -0.15) is 4.31 Å². The van der Waals surface area contributed by atoms with Gasteiger partial charge in [0.1, 0.15) is 0 Å². The molecule has 1 aliphatic heterocycles. The number of aliphatic hydroxyl groups excluding tert-OH is 1. The summed E-state index contributed by atoms with van der Waals surface area (Å²) >= 11 is 1.26. The average Bonchev–Trinajstić information content (AvgIpc) is 2.89. The standard InChI is InChI=1S/C12H17NO4S2/c1-17-9-10-2-5-13(6-3-10)19(15,16)12-4-7-18-11(12)8-14/h2,4,7,14H,3,5-6,8-9H2,1H3. The van der Waals surface area contributed by atoms with E-state index in [4.69, 9.17) is 4.74 Å². The number of methoxy groups -OCH3 is 1. The average molecular weight is 303 g/mol. The molecule has 7 heteroatoms. The minimum atomic E-state index is -3.50. The first-order valence-corrected chi connectivity index (χ1v) is 8.25. The molecule has 1 aliphatic rings. The lowest BCUT2D eigenvalue weighted by molar-refractivity contribution is 0.219. The van der Waals surface area contributed by atoms with Crippen molar-refractivity contribution in [2.24, 2.45) is 0 Å². The van der Waals surface area contributed by atoms with Gasteiger partial charge in [-0.15, -0.1) is 11.3 Å². The summed E-state index contributed by atoms with van der Waals surface area (Å²) in [4.78, 5) is 0.718. The molecular formula is C12H17NO4S2. The zero-order chi connectivity index (χ0) is 13.9. The van der Waals surface area contributed by atoms with Crippen LogP contribution in [-0.2, 0) is 21.4 Å². The number of nitrogens with zero attached hydrogens (tertiary/aromatic N) is 1. The molecule has 106 valence electrons. The fraction of sp³-hybridized carbons (Fsp3) is 0.500. The molecule has 1 aromatic rings. The molecule has 0 amide bonds. The van der Waals surface area contributed by atoms with Crippen molar-refractivity contribution in [3.63, 3.8) is 0 Å². The smallest absolute Gasteiger partial charge is 0.244 e. The predicted molar refractivity (Wildman–Crippen MR) is 73.6 cm³/mol. The largest absolute Gasteiger partial charge is 0.391 e. The molecule has 0 bridgehead atoms. The van der Waals surface area contributed by atoms with E-state index in [9.17, 15) is 13.5 Å². The summed E-state index contributed by atoms with van der Waals surface area (Å²) in [6, 6.07) is 1.56. The highest BCUT2D eigenvalue weighted by molar-refractivity contribution is 7.89. The van der Waals surface area contributed by atoms with Crippen LogP contribution in [0, 0.1) is 0 Å². The summed E-state index contributed by atoms with van der Waals surface area (Å²) < 4.78 is 31.4. The van der Waals surface area contributed by atoms with Crippen LogP contribution in [0.5, 0.6) is 0 Å². The van der Waals surface area contributed by atoms with E-state index < -0.39 is 10.0 Å². The second-order valence-electron chi connectivity index (χ2n) is 4.27. The SMILES string of the molecule is COCC1=CCN(S(=O)(=O)c2ccsc2CO)CC1. The third-order valence-corrected chi connectivity index (χ3v) is 6.05. The molecule has 0 spiro atoms. The van der Waals surface area contributed by atoms with Crippen LogP contribution in [0.25, 0.3) is 0 Å². The van der Waals surface area contributed by atoms with Crippen LogP contribution >= 0.6 is 11.3 Å². The molecule has 2 heterocycles. The molecule has 0 aromatic carbocycles. The van der Waals surface area contributed by atoms with Gasteiger partial charge in [0.15, 0.2) is 0 Å². The number of hydrogen-bond acceptors (Lipinski definition) is 5. The van der Waals surface area contributed by atoms with Crippen molar-refractivity contribution in [1.82, 2.24) is 4.31 Å². The van der Waals surface area contributed by atoms with E-state index in [0.29, 0.717) is 31.0 Å². The lowest BCUT2D eigenvalue weighted by Crippen LogP contribution is -2.35. The van der Waals surface area contributed by atoms with Gasteiger partial charge in [-0.25, -0.2) is 8.42 Å². The molecule has 0 radical (unpaired) electrons. The first-order valence-electron chi connectivity index (χ1n) is 5.94. The van der Waals surface area contributed by atoms with Gasteiger partial charge in [0.05, 0.1) is 18.1 Å². The molecule has 2 rings (SSSR count). The molecule has 0 unspecified atom stereocenters. The Kier molecular flexibility index (Phi) is 4.75. The van der Waals surface area contributed by atoms with Gasteiger partial charge in [0.25, 0.3) is 0 Å². The van der Waals surface area contributed by atoms with Crippen LogP contribution in [0.15, 0.2) is 28.0 Å². The normalized spacial score (nSPS) is 17.5. The summed E-state index contributed by atoms with van der Waals surface area (Å²) in [6.07, 6.45) is 2.58. The quantitative estimate of drug-likeness (QED) is 0.830. The Hall–Kier alpha value is -0.730.